The number of nitrogens with zero attached hydrogens (tertiary/aromatic N) is 3. The molecule has 0 aromatic carbocycles. The minimum absolute atomic E-state index is 0.00932. The third kappa shape index (κ3) is 2.95. The molecule has 1 aliphatic heterocycles. The number of amides is 1. The number of rotatable bonds is 4. The SMILES string of the molecule is CNS(=O)(=O)c1ccc(C(=O)N2CCNCC2c2nccn2C)o1. The predicted octanol–water partition coefficient (Wildman–Crippen LogP) is -0.292. The quantitative estimate of drug-likeness (QED) is 0.782. The van der Waals surface area contributed by atoms with Crippen LogP contribution in [-0.2, 0) is 17.1 Å². The van der Waals surface area contributed by atoms with E-state index in [9.17, 15) is 13.2 Å². The first-order valence-electron chi connectivity index (χ1n) is 7.46. The zero-order chi connectivity index (χ0) is 17.3. The number of sulfonamides is 1. The second-order valence-corrected chi connectivity index (χ2v) is 7.26. The van der Waals surface area contributed by atoms with E-state index in [2.05, 4.69) is 15.0 Å². The highest BCUT2D eigenvalue weighted by atomic mass is 32.2. The average molecular weight is 353 g/mol. The van der Waals surface area contributed by atoms with Crippen LogP contribution in [0.1, 0.15) is 22.4 Å². The van der Waals surface area contributed by atoms with Gasteiger partial charge in [0.1, 0.15) is 11.9 Å². The van der Waals surface area contributed by atoms with Gasteiger partial charge < -0.3 is 19.2 Å². The van der Waals surface area contributed by atoms with Crippen molar-refractivity contribution in [2.45, 2.75) is 11.1 Å². The van der Waals surface area contributed by atoms with Crippen molar-refractivity contribution in [3.63, 3.8) is 0 Å². The molecule has 10 heteroatoms. The van der Waals surface area contributed by atoms with Gasteiger partial charge in [0.15, 0.2) is 5.76 Å². The Labute approximate surface area is 139 Å². The van der Waals surface area contributed by atoms with E-state index in [0.717, 1.165) is 5.82 Å². The Kier molecular flexibility index (Phi) is 4.43. The molecule has 1 unspecified atom stereocenters. The molecule has 130 valence electrons. The summed E-state index contributed by atoms with van der Waals surface area (Å²) in [5.74, 6) is 0.386. The summed E-state index contributed by atoms with van der Waals surface area (Å²) in [6, 6.07) is 2.40. The molecule has 3 heterocycles. The first-order valence-corrected chi connectivity index (χ1v) is 8.94. The molecule has 1 fully saturated rings. The van der Waals surface area contributed by atoms with Gasteiger partial charge in [-0.3, -0.25) is 4.79 Å². The molecule has 1 atom stereocenters. The van der Waals surface area contributed by atoms with Crippen LogP contribution in [0.15, 0.2) is 34.0 Å². The summed E-state index contributed by atoms with van der Waals surface area (Å²) in [7, 11) is -0.572. The Morgan fingerprint density at radius 2 is 2.25 bits per heavy atom. The molecule has 0 saturated carbocycles. The molecule has 0 radical (unpaired) electrons. The number of furan rings is 1. The van der Waals surface area contributed by atoms with Crippen molar-refractivity contribution < 1.29 is 17.6 Å². The van der Waals surface area contributed by atoms with Gasteiger partial charge >= 0.3 is 0 Å². The van der Waals surface area contributed by atoms with Crippen molar-refractivity contribution in [1.82, 2.24) is 24.5 Å². The van der Waals surface area contributed by atoms with E-state index < -0.39 is 10.0 Å². The van der Waals surface area contributed by atoms with Crippen LogP contribution in [0.5, 0.6) is 0 Å². The van der Waals surface area contributed by atoms with Gasteiger partial charge in [0.2, 0.25) is 5.09 Å². The summed E-state index contributed by atoms with van der Waals surface area (Å²) >= 11 is 0. The van der Waals surface area contributed by atoms with Gasteiger partial charge in [-0.1, -0.05) is 0 Å². The van der Waals surface area contributed by atoms with Gasteiger partial charge in [0, 0.05) is 39.1 Å². The third-order valence-corrected chi connectivity index (χ3v) is 5.27. The lowest BCUT2D eigenvalue weighted by Crippen LogP contribution is -2.49. The fourth-order valence-corrected chi connectivity index (χ4v) is 3.35. The zero-order valence-electron chi connectivity index (χ0n) is 13.4. The molecule has 2 N–H and O–H groups in total. The van der Waals surface area contributed by atoms with Crippen LogP contribution in [0, 0.1) is 0 Å². The van der Waals surface area contributed by atoms with E-state index in [1.807, 2.05) is 17.8 Å². The van der Waals surface area contributed by atoms with Crippen molar-refractivity contribution in [2.75, 3.05) is 26.7 Å². The number of aromatic nitrogens is 2. The molecule has 0 spiro atoms. The Bertz CT molecular complexity index is 841. The summed E-state index contributed by atoms with van der Waals surface area (Å²) in [6.07, 6.45) is 3.49. The lowest BCUT2D eigenvalue weighted by molar-refractivity contribution is 0.0582. The molecule has 0 aliphatic carbocycles. The minimum Gasteiger partial charge on any atom is -0.438 e. The summed E-state index contributed by atoms with van der Waals surface area (Å²) in [6.45, 7) is 1.69. The highest BCUT2D eigenvalue weighted by Crippen LogP contribution is 2.24. The molecule has 9 nitrogen and oxygen atoms in total. The standard InChI is InChI=1S/C14H19N5O4S/c1-15-24(21,22)12-4-3-11(23-12)14(20)19-8-5-16-9-10(19)13-17-6-7-18(13)2/h3-4,6-7,10,15-16H,5,8-9H2,1-2H3. The van der Waals surface area contributed by atoms with E-state index in [1.165, 1.54) is 19.2 Å². The van der Waals surface area contributed by atoms with Crippen LogP contribution in [0.4, 0.5) is 0 Å². The number of hydrogen-bond donors (Lipinski definition) is 2. The second-order valence-electron chi connectivity index (χ2n) is 5.44. The monoisotopic (exact) mass is 353 g/mol. The summed E-state index contributed by atoms with van der Waals surface area (Å²) in [5.41, 5.74) is 0. The molecular formula is C14H19N5O4S. The fraction of sp³-hybridized carbons (Fsp3) is 0.429. The van der Waals surface area contributed by atoms with Crippen LogP contribution in [0.2, 0.25) is 0 Å². The number of hydrogen-bond acceptors (Lipinski definition) is 6. The maximum Gasteiger partial charge on any atom is 0.290 e. The van der Waals surface area contributed by atoms with Crippen molar-refractivity contribution in [1.29, 1.82) is 0 Å². The van der Waals surface area contributed by atoms with Gasteiger partial charge in [0.25, 0.3) is 15.9 Å². The highest BCUT2D eigenvalue weighted by Gasteiger charge is 2.33. The number of aryl methyl sites for hydroxylation is 1. The van der Waals surface area contributed by atoms with Gasteiger partial charge in [-0.05, 0) is 19.2 Å². The van der Waals surface area contributed by atoms with Gasteiger partial charge in [0.05, 0.1) is 0 Å². The van der Waals surface area contributed by atoms with Crippen LogP contribution >= 0.6 is 0 Å². The molecule has 3 rings (SSSR count). The minimum atomic E-state index is -3.72. The van der Waals surface area contributed by atoms with Crippen LogP contribution < -0.4 is 10.0 Å². The van der Waals surface area contributed by atoms with Crippen LogP contribution in [0.25, 0.3) is 0 Å². The predicted molar refractivity (Wildman–Crippen MR) is 84.8 cm³/mol. The number of nitrogens with one attached hydrogen (secondary N) is 2. The number of imidazole rings is 1. The van der Waals surface area contributed by atoms with Gasteiger partial charge in [-0.2, -0.15) is 0 Å². The smallest absolute Gasteiger partial charge is 0.290 e. The summed E-state index contributed by atoms with van der Waals surface area (Å²) < 4.78 is 32.8. The molecule has 1 amide bonds. The number of piperazine rings is 1. The van der Waals surface area contributed by atoms with E-state index in [1.54, 1.807) is 11.1 Å². The highest BCUT2D eigenvalue weighted by molar-refractivity contribution is 7.89. The van der Waals surface area contributed by atoms with E-state index in [-0.39, 0.29) is 22.8 Å². The Morgan fingerprint density at radius 3 is 2.92 bits per heavy atom. The lowest BCUT2D eigenvalue weighted by Gasteiger charge is -2.35. The average Bonchev–Trinajstić information content (AvgIpc) is 3.23. The van der Waals surface area contributed by atoms with Gasteiger partial charge in [-0.25, -0.2) is 18.1 Å². The van der Waals surface area contributed by atoms with Crippen molar-refractivity contribution in [3.05, 3.63) is 36.1 Å². The molecular weight excluding hydrogens is 334 g/mol. The molecule has 24 heavy (non-hydrogen) atoms. The first-order chi connectivity index (χ1) is 11.4. The zero-order valence-corrected chi connectivity index (χ0v) is 14.2. The van der Waals surface area contributed by atoms with E-state index in [0.29, 0.717) is 19.6 Å². The van der Waals surface area contributed by atoms with Gasteiger partial charge in [-0.15, -0.1) is 0 Å². The molecule has 2 aromatic rings. The topological polar surface area (TPSA) is 109 Å². The molecule has 1 aliphatic rings. The summed E-state index contributed by atoms with van der Waals surface area (Å²) in [4.78, 5) is 18.8. The van der Waals surface area contributed by atoms with Crippen molar-refractivity contribution in [3.8, 4) is 0 Å². The number of carbonyl (C=O) groups is 1. The van der Waals surface area contributed by atoms with Crippen molar-refractivity contribution in [2.24, 2.45) is 7.05 Å². The number of carbonyl (C=O) groups excluding carboxylic acids is 1. The lowest BCUT2D eigenvalue weighted by atomic mass is 10.1. The largest absolute Gasteiger partial charge is 0.438 e. The Hall–Kier alpha value is -2.17. The summed E-state index contributed by atoms with van der Waals surface area (Å²) in [5, 5.41) is 2.96. The molecule has 1 saturated heterocycles. The van der Waals surface area contributed by atoms with Crippen molar-refractivity contribution >= 4 is 15.9 Å². The Morgan fingerprint density at radius 1 is 1.46 bits per heavy atom. The normalized spacial score (nSPS) is 18.8. The fourth-order valence-electron chi connectivity index (χ4n) is 2.70. The third-order valence-electron chi connectivity index (χ3n) is 3.99. The van der Waals surface area contributed by atoms with E-state index in [4.69, 9.17) is 4.42 Å². The van der Waals surface area contributed by atoms with Crippen LogP contribution in [-0.4, -0.2) is 55.5 Å². The maximum absolute atomic E-state index is 12.8. The Balaban J connectivity index is 1.89. The molecule has 2 aromatic heterocycles. The van der Waals surface area contributed by atoms with Crippen LogP contribution in [0.3, 0.4) is 0 Å². The maximum atomic E-state index is 12.8. The first kappa shape index (κ1) is 16.7. The molecule has 0 bridgehead atoms. The second kappa shape index (κ2) is 6.38. The van der Waals surface area contributed by atoms with E-state index >= 15 is 0 Å².